The van der Waals surface area contributed by atoms with E-state index < -0.39 is 0 Å². The standard InChI is InChI=1S/C27H23BrN2O/c1-18(20-9-10-22-16-24(31-2)14-11-21(22)15-20)27-29-25-5-3-4-6-26(25)30(27)17-19-7-12-23(28)13-8-19/h3-16,18H,17H2,1-2H3. The number of ether oxygens (including phenoxy) is 1. The number of rotatable bonds is 5. The van der Waals surface area contributed by atoms with Gasteiger partial charge in [0.15, 0.2) is 0 Å². The number of hydrogen-bond donors (Lipinski definition) is 0. The summed E-state index contributed by atoms with van der Waals surface area (Å²) in [6.45, 7) is 3.03. The summed E-state index contributed by atoms with van der Waals surface area (Å²) in [7, 11) is 1.70. The highest BCUT2D eigenvalue weighted by molar-refractivity contribution is 9.10. The van der Waals surface area contributed by atoms with Crippen molar-refractivity contribution in [1.82, 2.24) is 9.55 Å². The molecule has 1 atom stereocenters. The molecule has 0 aliphatic heterocycles. The van der Waals surface area contributed by atoms with Gasteiger partial charge in [0.05, 0.1) is 18.1 Å². The first kappa shape index (κ1) is 19.8. The highest BCUT2D eigenvalue weighted by Crippen LogP contribution is 2.31. The first-order valence-corrected chi connectivity index (χ1v) is 11.2. The van der Waals surface area contributed by atoms with Crippen LogP contribution >= 0.6 is 15.9 Å². The fourth-order valence-electron chi connectivity index (χ4n) is 4.15. The zero-order valence-electron chi connectivity index (χ0n) is 17.5. The van der Waals surface area contributed by atoms with Crippen molar-refractivity contribution in [3.8, 4) is 5.75 Å². The van der Waals surface area contributed by atoms with Crippen molar-refractivity contribution in [1.29, 1.82) is 0 Å². The Morgan fingerprint density at radius 3 is 2.45 bits per heavy atom. The van der Waals surface area contributed by atoms with E-state index in [2.05, 4.69) is 106 Å². The third-order valence-corrected chi connectivity index (χ3v) is 6.43. The Balaban J connectivity index is 1.58. The Labute approximate surface area is 190 Å². The van der Waals surface area contributed by atoms with E-state index in [-0.39, 0.29) is 5.92 Å². The third kappa shape index (κ3) is 3.84. The van der Waals surface area contributed by atoms with Crippen LogP contribution in [0.1, 0.15) is 29.8 Å². The average Bonchev–Trinajstić information content (AvgIpc) is 3.17. The molecular formula is C27H23BrN2O. The number of fused-ring (bicyclic) bond motifs is 2. The second-order valence-corrected chi connectivity index (χ2v) is 8.78. The second kappa shape index (κ2) is 8.20. The minimum atomic E-state index is 0.161. The van der Waals surface area contributed by atoms with Gasteiger partial charge in [-0.15, -0.1) is 0 Å². The molecule has 3 nitrogen and oxygen atoms in total. The van der Waals surface area contributed by atoms with E-state index in [9.17, 15) is 0 Å². The molecule has 4 heteroatoms. The Morgan fingerprint density at radius 2 is 1.65 bits per heavy atom. The Kier molecular flexibility index (Phi) is 5.24. The molecule has 0 amide bonds. The number of para-hydroxylation sites is 2. The van der Waals surface area contributed by atoms with Crippen LogP contribution in [-0.2, 0) is 6.54 Å². The Hall–Kier alpha value is -3.11. The first-order chi connectivity index (χ1) is 15.1. The minimum absolute atomic E-state index is 0.161. The summed E-state index contributed by atoms with van der Waals surface area (Å²) < 4.78 is 8.81. The molecule has 0 bridgehead atoms. The molecule has 0 radical (unpaired) electrons. The smallest absolute Gasteiger partial charge is 0.119 e. The van der Waals surface area contributed by atoms with Crippen LogP contribution in [-0.4, -0.2) is 16.7 Å². The summed E-state index contributed by atoms with van der Waals surface area (Å²) in [6.07, 6.45) is 0. The molecule has 0 N–H and O–H groups in total. The van der Waals surface area contributed by atoms with Gasteiger partial charge in [-0.3, -0.25) is 0 Å². The largest absolute Gasteiger partial charge is 0.497 e. The van der Waals surface area contributed by atoms with E-state index >= 15 is 0 Å². The zero-order chi connectivity index (χ0) is 21.4. The summed E-state index contributed by atoms with van der Waals surface area (Å²) in [4.78, 5) is 5.04. The predicted octanol–water partition coefficient (Wildman–Crippen LogP) is 7.16. The molecule has 0 spiro atoms. The fourth-order valence-corrected chi connectivity index (χ4v) is 4.42. The molecule has 0 saturated carbocycles. The van der Waals surface area contributed by atoms with E-state index in [1.165, 1.54) is 21.9 Å². The maximum absolute atomic E-state index is 5.37. The van der Waals surface area contributed by atoms with Gasteiger partial charge in [0.2, 0.25) is 0 Å². The molecule has 5 aromatic rings. The fraction of sp³-hybridized carbons (Fsp3) is 0.148. The van der Waals surface area contributed by atoms with Gasteiger partial charge in [-0.05, 0) is 58.3 Å². The number of imidazole rings is 1. The molecule has 31 heavy (non-hydrogen) atoms. The monoisotopic (exact) mass is 470 g/mol. The van der Waals surface area contributed by atoms with Crippen molar-refractivity contribution in [3.63, 3.8) is 0 Å². The van der Waals surface area contributed by atoms with E-state index in [4.69, 9.17) is 9.72 Å². The summed E-state index contributed by atoms with van der Waals surface area (Å²) in [5.41, 5.74) is 4.71. The van der Waals surface area contributed by atoms with E-state index in [1.54, 1.807) is 7.11 Å². The second-order valence-electron chi connectivity index (χ2n) is 7.87. The van der Waals surface area contributed by atoms with Gasteiger partial charge in [-0.25, -0.2) is 4.98 Å². The van der Waals surface area contributed by atoms with Crippen LogP contribution in [0.3, 0.4) is 0 Å². The minimum Gasteiger partial charge on any atom is -0.497 e. The van der Waals surface area contributed by atoms with Crippen LogP contribution in [0.4, 0.5) is 0 Å². The summed E-state index contributed by atoms with van der Waals surface area (Å²) >= 11 is 3.53. The molecule has 154 valence electrons. The summed E-state index contributed by atoms with van der Waals surface area (Å²) in [6, 6.07) is 29.8. The molecule has 0 fully saturated rings. The number of halogens is 1. The molecule has 0 aliphatic rings. The van der Waals surface area contributed by atoms with Crippen molar-refractivity contribution in [2.24, 2.45) is 0 Å². The van der Waals surface area contributed by atoms with Crippen molar-refractivity contribution in [2.75, 3.05) is 7.11 Å². The molecule has 1 aromatic heterocycles. The van der Waals surface area contributed by atoms with Crippen LogP contribution in [0, 0.1) is 0 Å². The zero-order valence-corrected chi connectivity index (χ0v) is 19.1. The SMILES string of the molecule is COc1ccc2cc(C(C)c3nc4ccccc4n3Cc3ccc(Br)cc3)ccc2c1. The van der Waals surface area contributed by atoms with Crippen LogP contribution in [0.15, 0.2) is 89.4 Å². The van der Waals surface area contributed by atoms with Gasteiger partial charge >= 0.3 is 0 Å². The number of methoxy groups -OCH3 is 1. The maximum Gasteiger partial charge on any atom is 0.119 e. The lowest BCUT2D eigenvalue weighted by atomic mass is 9.97. The van der Waals surface area contributed by atoms with E-state index in [0.29, 0.717) is 0 Å². The van der Waals surface area contributed by atoms with E-state index in [1.807, 2.05) is 6.07 Å². The molecule has 0 aliphatic carbocycles. The van der Waals surface area contributed by atoms with Crippen LogP contribution in [0.5, 0.6) is 5.75 Å². The normalized spacial score (nSPS) is 12.4. The lowest BCUT2D eigenvalue weighted by Crippen LogP contribution is -2.09. The topological polar surface area (TPSA) is 27.1 Å². The number of aromatic nitrogens is 2. The summed E-state index contributed by atoms with van der Waals surface area (Å²) in [5.74, 6) is 2.12. The quantitative estimate of drug-likeness (QED) is 0.272. The molecule has 1 heterocycles. The maximum atomic E-state index is 5.37. The third-order valence-electron chi connectivity index (χ3n) is 5.90. The average molecular weight is 471 g/mol. The van der Waals surface area contributed by atoms with Gasteiger partial charge in [0.1, 0.15) is 11.6 Å². The lowest BCUT2D eigenvalue weighted by molar-refractivity contribution is 0.415. The van der Waals surface area contributed by atoms with Crippen molar-refractivity contribution in [2.45, 2.75) is 19.4 Å². The van der Waals surface area contributed by atoms with Crippen LogP contribution in [0.2, 0.25) is 0 Å². The lowest BCUT2D eigenvalue weighted by Gasteiger charge is -2.16. The Bertz CT molecular complexity index is 1370. The van der Waals surface area contributed by atoms with Gasteiger partial charge in [0.25, 0.3) is 0 Å². The Morgan fingerprint density at radius 1 is 0.903 bits per heavy atom. The highest BCUT2D eigenvalue weighted by Gasteiger charge is 2.19. The molecule has 4 aromatic carbocycles. The number of benzene rings is 4. The highest BCUT2D eigenvalue weighted by atomic mass is 79.9. The van der Waals surface area contributed by atoms with Gasteiger partial charge in [0, 0.05) is 16.9 Å². The van der Waals surface area contributed by atoms with Crippen molar-refractivity contribution in [3.05, 3.63) is 106 Å². The predicted molar refractivity (Wildman–Crippen MR) is 131 cm³/mol. The van der Waals surface area contributed by atoms with E-state index in [0.717, 1.165) is 33.6 Å². The van der Waals surface area contributed by atoms with Crippen LogP contribution < -0.4 is 4.74 Å². The molecular weight excluding hydrogens is 448 g/mol. The van der Waals surface area contributed by atoms with Gasteiger partial charge in [-0.1, -0.05) is 71.4 Å². The van der Waals surface area contributed by atoms with Gasteiger partial charge in [-0.2, -0.15) is 0 Å². The molecule has 1 unspecified atom stereocenters. The molecule has 0 saturated heterocycles. The number of hydrogen-bond acceptors (Lipinski definition) is 2. The molecule has 5 rings (SSSR count). The van der Waals surface area contributed by atoms with Gasteiger partial charge < -0.3 is 9.30 Å². The number of nitrogens with zero attached hydrogens (tertiary/aromatic N) is 2. The summed E-state index contributed by atoms with van der Waals surface area (Å²) in [5, 5.41) is 2.39. The van der Waals surface area contributed by atoms with Crippen LogP contribution in [0.25, 0.3) is 21.8 Å². The van der Waals surface area contributed by atoms with Crippen molar-refractivity contribution < 1.29 is 4.74 Å². The first-order valence-electron chi connectivity index (χ1n) is 10.4. The van der Waals surface area contributed by atoms with Crippen molar-refractivity contribution >= 4 is 37.7 Å².